The molecule has 2 aliphatic rings. The van der Waals surface area contributed by atoms with Crippen LogP contribution in [-0.4, -0.2) is 57.9 Å². The first kappa shape index (κ1) is 19.5. The van der Waals surface area contributed by atoms with E-state index < -0.39 is 4.92 Å². The number of benzene rings is 1. The lowest BCUT2D eigenvalue weighted by Crippen LogP contribution is -2.28. The van der Waals surface area contributed by atoms with E-state index >= 15 is 0 Å². The van der Waals surface area contributed by atoms with Gasteiger partial charge in [-0.2, -0.15) is 0 Å². The zero-order chi connectivity index (χ0) is 21.4. The van der Waals surface area contributed by atoms with E-state index in [1.807, 2.05) is 18.2 Å². The highest BCUT2D eigenvalue weighted by atomic mass is 16.6. The van der Waals surface area contributed by atoms with Crippen molar-refractivity contribution in [2.75, 3.05) is 38.1 Å². The van der Waals surface area contributed by atoms with Crippen LogP contribution in [0, 0.1) is 10.1 Å². The van der Waals surface area contributed by atoms with E-state index in [0.29, 0.717) is 23.6 Å². The van der Waals surface area contributed by atoms with E-state index in [-0.39, 0.29) is 18.2 Å². The van der Waals surface area contributed by atoms with Gasteiger partial charge in [-0.05, 0) is 43.8 Å². The second kappa shape index (κ2) is 7.97. The zero-order valence-corrected chi connectivity index (χ0v) is 16.8. The summed E-state index contributed by atoms with van der Waals surface area (Å²) in [6.07, 6.45) is 2.56. The highest BCUT2D eigenvalue weighted by molar-refractivity contribution is 5.96. The van der Waals surface area contributed by atoms with E-state index in [1.165, 1.54) is 12.3 Å². The number of carbonyl (C=O) groups excluding carboxylic acids is 1. The van der Waals surface area contributed by atoms with Gasteiger partial charge in [0.05, 0.1) is 28.2 Å². The fourth-order valence-electron chi connectivity index (χ4n) is 4.07. The van der Waals surface area contributed by atoms with E-state index in [1.54, 1.807) is 10.5 Å². The Morgan fingerprint density at radius 2 is 2.10 bits per heavy atom. The van der Waals surface area contributed by atoms with Crippen molar-refractivity contribution >= 4 is 22.9 Å². The summed E-state index contributed by atoms with van der Waals surface area (Å²) in [5.74, 6) is 0.412. The Balaban J connectivity index is 1.62. The molecule has 0 aliphatic carbocycles. The molecule has 3 aromatic rings. The summed E-state index contributed by atoms with van der Waals surface area (Å²) in [7, 11) is 0. The van der Waals surface area contributed by atoms with Gasteiger partial charge in [-0.25, -0.2) is 4.98 Å². The van der Waals surface area contributed by atoms with Gasteiger partial charge in [0.1, 0.15) is 11.4 Å². The number of fused-ring (bicyclic) bond motifs is 2. The number of anilines is 1. The van der Waals surface area contributed by atoms with Gasteiger partial charge in [0.15, 0.2) is 6.61 Å². The van der Waals surface area contributed by atoms with Crippen LogP contribution in [0.1, 0.15) is 12.1 Å². The van der Waals surface area contributed by atoms with Crippen LogP contribution in [0.2, 0.25) is 0 Å². The zero-order valence-electron chi connectivity index (χ0n) is 16.8. The van der Waals surface area contributed by atoms with Gasteiger partial charge >= 0.3 is 0 Å². The molecule has 31 heavy (non-hydrogen) atoms. The number of hydrogen-bond donors (Lipinski definition) is 2. The molecule has 2 N–H and O–H groups in total. The third kappa shape index (κ3) is 3.82. The second-order valence-electron chi connectivity index (χ2n) is 7.71. The van der Waals surface area contributed by atoms with Crippen LogP contribution in [0.5, 0.6) is 5.75 Å². The Morgan fingerprint density at radius 3 is 2.97 bits per heavy atom. The van der Waals surface area contributed by atoms with Gasteiger partial charge in [-0.15, -0.1) is 0 Å². The Hall–Kier alpha value is -3.50. The van der Waals surface area contributed by atoms with E-state index in [4.69, 9.17) is 9.72 Å². The SMILES string of the molecule is O=C1COc2ccc(-c3nc4ccc([N+](=O)[O-])cn4c3CN3CCCNCC3)cc2N1. The molecule has 2 aromatic heterocycles. The lowest BCUT2D eigenvalue weighted by Gasteiger charge is -2.21. The lowest BCUT2D eigenvalue weighted by molar-refractivity contribution is -0.385. The van der Waals surface area contributed by atoms with Gasteiger partial charge < -0.3 is 15.4 Å². The predicted molar refractivity (Wildman–Crippen MR) is 114 cm³/mol. The third-order valence-corrected chi connectivity index (χ3v) is 5.60. The van der Waals surface area contributed by atoms with Gasteiger partial charge in [0.25, 0.3) is 11.6 Å². The van der Waals surface area contributed by atoms with Crippen molar-refractivity contribution in [3.63, 3.8) is 0 Å². The normalized spacial score (nSPS) is 17.0. The molecule has 2 aliphatic heterocycles. The first-order valence-electron chi connectivity index (χ1n) is 10.2. The monoisotopic (exact) mass is 422 g/mol. The van der Waals surface area contributed by atoms with Crippen LogP contribution in [0.3, 0.4) is 0 Å². The summed E-state index contributed by atoms with van der Waals surface area (Å²) in [5, 5.41) is 17.6. The largest absolute Gasteiger partial charge is 0.482 e. The van der Waals surface area contributed by atoms with Crippen LogP contribution in [0.4, 0.5) is 11.4 Å². The maximum absolute atomic E-state index is 11.7. The highest BCUT2D eigenvalue weighted by Gasteiger charge is 2.22. The highest BCUT2D eigenvalue weighted by Crippen LogP contribution is 2.34. The number of carbonyl (C=O) groups is 1. The fourth-order valence-corrected chi connectivity index (χ4v) is 4.07. The van der Waals surface area contributed by atoms with Gasteiger partial charge in [-0.1, -0.05) is 0 Å². The van der Waals surface area contributed by atoms with Crippen molar-refractivity contribution in [3.05, 3.63) is 52.3 Å². The molecule has 1 aromatic carbocycles. The smallest absolute Gasteiger partial charge is 0.286 e. The Kier molecular flexibility index (Phi) is 5.00. The molecule has 160 valence electrons. The van der Waals surface area contributed by atoms with Crippen LogP contribution in [0.15, 0.2) is 36.5 Å². The van der Waals surface area contributed by atoms with Crippen molar-refractivity contribution in [1.29, 1.82) is 0 Å². The second-order valence-corrected chi connectivity index (χ2v) is 7.71. The Morgan fingerprint density at radius 1 is 1.19 bits per heavy atom. The van der Waals surface area contributed by atoms with E-state index in [2.05, 4.69) is 15.5 Å². The molecular weight excluding hydrogens is 400 g/mol. The van der Waals surface area contributed by atoms with E-state index in [9.17, 15) is 14.9 Å². The van der Waals surface area contributed by atoms with Gasteiger partial charge in [0, 0.05) is 31.3 Å². The molecule has 1 saturated heterocycles. The minimum Gasteiger partial charge on any atom is -0.482 e. The quantitative estimate of drug-likeness (QED) is 0.488. The molecule has 0 saturated carbocycles. The van der Waals surface area contributed by atoms with Crippen molar-refractivity contribution < 1.29 is 14.5 Å². The molecule has 0 unspecified atom stereocenters. The average molecular weight is 422 g/mol. The summed E-state index contributed by atoms with van der Waals surface area (Å²) >= 11 is 0. The van der Waals surface area contributed by atoms with Crippen molar-refractivity contribution in [2.45, 2.75) is 13.0 Å². The molecule has 10 heteroatoms. The van der Waals surface area contributed by atoms with E-state index in [0.717, 1.165) is 49.6 Å². The number of amides is 1. The number of hydrogen-bond acceptors (Lipinski definition) is 7. The maximum atomic E-state index is 11.7. The van der Waals surface area contributed by atoms with Crippen LogP contribution >= 0.6 is 0 Å². The van der Waals surface area contributed by atoms with Gasteiger partial charge in [0.2, 0.25) is 0 Å². The lowest BCUT2D eigenvalue weighted by atomic mass is 10.1. The maximum Gasteiger partial charge on any atom is 0.286 e. The fraction of sp³-hybridized carbons (Fsp3) is 0.333. The number of ether oxygens (including phenoxy) is 1. The number of aromatic nitrogens is 2. The predicted octanol–water partition coefficient (Wildman–Crippen LogP) is 2.04. The summed E-state index contributed by atoms with van der Waals surface area (Å²) in [6.45, 7) is 4.30. The summed E-state index contributed by atoms with van der Waals surface area (Å²) in [5.41, 5.74) is 3.69. The standard InChI is InChI=1S/C21H22N6O4/c28-20-13-31-18-4-2-14(10-16(18)23-20)21-17(12-25-8-1-6-22-7-9-25)26-11-15(27(29)30)3-5-19(26)24-21/h2-5,10-11,22H,1,6-9,12-13H2,(H,23,28). The molecule has 1 fully saturated rings. The molecular formula is C21H22N6O4. The molecule has 10 nitrogen and oxygen atoms in total. The molecule has 0 radical (unpaired) electrons. The van der Waals surface area contributed by atoms with Gasteiger partial charge in [-0.3, -0.25) is 24.2 Å². The number of nitrogens with one attached hydrogen (secondary N) is 2. The molecule has 0 spiro atoms. The van der Waals surface area contributed by atoms with Crippen LogP contribution in [-0.2, 0) is 11.3 Å². The topological polar surface area (TPSA) is 114 Å². The molecule has 5 rings (SSSR count). The average Bonchev–Trinajstić information content (AvgIpc) is 2.92. The van der Waals surface area contributed by atoms with Crippen LogP contribution in [0.25, 0.3) is 16.9 Å². The third-order valence-electron chi connectivity index (χ3n) is 5.60. The summed E-state index contributed by atoms with van der Waals surface area (Å²) in [4.78, 5) is 29.8. The van der Waals surface area contributed by atoms with Crippen LogP contribution < -0.4 is 15.4 Å². The van der Waals surface area contributed by atoms with Crippen molar-refractivity contribution in [2.24, 2.45) is 0 Å². The molecule has 0 bridgehead atoms. The Labute approximate surface area is 178 Å². The molecule has 1 amide bonds. The Bertz CT molecular complexity index is 1170. The van der Waals surface area contributed by atoms with Crippen molar-refractivity contribution in [3.8, 4) is 17.0 Å². The number of nitrogens with zero attached hydrogens (tertiary/aromatic N) is 4. The number of nitro groups is 1. The first-order chi connectivity index (χ1) is 15.1. The summed E-state index contributed by atoms with van der Waals surface area (Å²) < 4.78 is 7.27. The minimum absolute atomic E-state index is 0.00136. The van der Waals surface area contributed by atoms with Crippen molar-refractivity contribution in [1.82, 2.24) is 19.6 Å². The summed E-state index contributed by atoms with van der Waals surface area (Å²) in [6, 6.07) is 8.69. The minimum atomic E-state index is -0.398. The first-order valence-corrected chi connectivity index (χ1v) is 10.2. The molecule has 4 heterocycles. The molecule has 0 atom stereocenters. The number of rotatable bonds is 4. The number of imidazole rings is 1. The number of pyridine rings is 1.